The second kappa shape index (κ2) is 8.22. The van der Waals surface area contributed by atoms with E-state index in [9.17, 15) is 16.8 Å². The number of hydrogen-bond donors (Lipinski definition) is 0. The van der Waals surface area contributed by atoms with Crippen LogP contribution < -0.4 is 0 Å². The Kier molecular flexibility index (Phi) is 5.80. The highest BCUT2D eigenvalue weighted by molar-refractivity contribution is 7.92. The summed E-state index contributed by atoms with van der Waals surface area (Å²) in [5, 5.41) is -0.0184. The van der Waals surface area contributed by atoms with Crippen LogP contribution in [0.2, 0.25) is 0 Å². The van der Waals surface area contributed by atoms with Gasteiger partial charge in [-0.05, 0) is 24.5 Å². The Hall–Kier alpha value is -2.07. The first-order chi connectivity index (χ1) is 14.3. The summed E-state index contributed by atoms with van der Waals surface area (Å²) in [7, 11) is -7.27. The van der Waals surface area contributed by atoms with Gasteiger partial charge in [-0.1, -0.05) is 60.2 Å². The van der Waals surface area contributed by atoms with Gasteiger partial charge in [-0.3, -0.25) is 0 Å². The van der Waals surface area contributed by atoms with Crippen LogP contribution in [0.3, 0.4) is 0 Å². The molecule has 3 aromatic rings. The van der Waals surface area contributed by atoms with Crippen molar-refractivity contribution in [3.8, 4) is 10.4 Å². The molecule has 6 nitrogen and oxygen atoms in total. The highest BCUT2D eigenvalue weighted by atomic mass is 32.2. The molecule has 1 aromatic heterocycles. The number of thiazole rings is 1. The summed E-state index contributed by atoms with van der Waals surface area (Å²) in [5.74, 6) is -0.164. The maximum absolute atomic E-state index is 13.7. The van der Waals surface area contributed by atoms with Crippen LogP contribution in [-0.2, 0) is 26.4 Å². The molecule has 30 heavy (non-hydrogen) atoms. The molecule has 158 valence electrons. The molecule has 1 saturated heterocycles. The summed E-state index contributed by atoms with van der Waals surface area (Å²) in [5.41, 5.74) is 4.17. The van der Waals surface area contributed by atoms with Crippen LogP contribution >= 0.6 is 11.3 Å². The maximum atomic E-state index is 13.7. The average Bonchev–Trinajstić information content (AvgIpc) is 3.35. The van der Waals surface area contributed by atoms with Gasteiger partial charge in [0.1, 0.15) is 0 Å². The molecule has 1 atom stereocenters. The summed E-state index contributed by atoms with van der Waals surface area (Å²) in [6.45, 7) is 2.07. The van der Waals surface area contributed by atoms with E-state index in [-0.39, 0.29) is 29.5 Å². The van der Waals surface area contributed by atoms with E-state index in [2.05, 4.69) is 4.98 Å². The van der Waals surface area contributed by atoms with Gasteiger partial charge in [-0.2, -0.15) is 4.31 Å². The number of sulfone groups is 1. The summed E-state index contributed by atoms with van der Waals surface area (Å²) >= 11 is 1.26. The lowest BCUT2D eigenvalue weighted by Crippen LogP contribution is -2.40. The Morgan fingerprint density at radius 2 is 1.80 bits per heavy atom. The maximum Gasteiger partial charge on any atom is 0.262 e. The van der Waals surface area contributed by atoms with Crippen molar-refractivity contribution < 1.29 is 16.8 Å². The van der Waals surface area contributed by atoms with E-state index in [4.69, 9.17) is 0 Å². The lowest BCUT2D eigenvalue weighted by molar-refractivity contribution is 0.333. The SMILES string of the molecule is Cc1ccc(CN(C2CCS(=O)(=O)C2)S(=O)(=O)c2ncsc2-c2ccccc2)cc1. The van der Waals surface area contributed by atoms with Crippen molar-refractivity contribution in [2.45, 2.75) is 31.0 Å². The first-order valence-corrected chi connectivity index (χ1v) is 13.7. The van der Waals surface area contributed by atoms with Crippen LogP contribution in [0.15, 0.2) is 65.1 Å². The highest BCUT2D eigenvalue weighted by Crippen LogP contribution is 2.35. The quantitative estimate of drug-likeness (QED) is 0.560. The fourth-order valence-electron chi connectivity index (χ4n) is 3.60. The number of hydrogen-bond acceptors (Lipinski definition) is 6. The zero-order valence-corrected chi connectivity index (χ0v) is 18.9. The number of benzene rings is 2. The minimum atomic E-state index is -4.01. The fourth-order valence-corrected chi connectivity index (χ4v) is 8.29. The third kappa shape index (κ3) is 4.34. The molecule has 2 heterocycles. The third-order valence-corrected chi connectivity index (χ3v) is 9.80. The smallest absolute Gasteiger partial charge is 0.231 e. The van der Waals surface area contributed by atoms with Crippen LogP contribution in [-0.4, -0.2) is 43.7 Å². The van der Waals surface area contributed by atoms with Gasteiger partial charge in [-0.25, -0.2) is 21.8 Å². The van der Waals surface area contributed by atoms with E-state index < -0.39 is 25.9 Å². The molecule has 0 radical (unpaired) electrons. The van der Waals surface area contributed by atoms with E-state index >= 15 is 0 Å². The Morgan fingerprint density at radius 1 is 1.10 bits per heavy atom. The van der Waals surface area contributed by atoms with Crippen molar-refractivity contribution in [1.82, 2.24) is 9.29 Å². The van der Waals surface area contributed by atoms with E-state index in [0.717, 1.165) is 16.7 Å². The van der Waals surface area contributed by atoms with E-state index in [0.29, 0.717) is 4.88 Å². The molecule has 0 bridgehead atoms. The lowest BCUT2D eigenvalue weighted by atomic mass is 10.1. The van der Waals surface area contributed by atoms with Gasteiger partial charge in [0.2, 0.25) is 0 Å². The monoisotopic (exact) mass is 462 g/mol. The molecule has 1 unspecified atom stereocenters. The van der Waals surface area contributed by atoms with Crippen molar-refractivity contribution in [3.63, 3.8) is 0 Å². The predicted molar refractivity (Wildman–Crippen MR) is 119 cm³/mol. The Bertz CT molecular complexity index is 1230. The second-order valence-corrected chi connectivity index (χ2v) is 12.3. The van der Waals surface area contributed by atoms with E-state index in [1.807, 2.05) is 61.5 Å². The summed E-state index contributed by atoms with van der Waals surface area (Å²) in [6, 6.07) is 16.2. The Morgan fingerprint density at radius 3 is 2.43 bits per heavy atom. The molecule has 1 aliphatic rings. The molecular weight excluding hydrogens is 440 g/mol. The van der Waals surface area contributed by atoms with Crippen LogP contribution in [0, 0.1) is 6.92 Å². The number of aryl methyl sites for hydroxylation is 1. The lowest BCUT2D eigenvalue weighted by Gasteiger charge is -2.27. The summed E-state index contributed by atoms with van der Waals surface area (Å²) < 4.78 is 53.0. The number of aromatic nitrogens is 1. The van der Waals surface area contributed by atoms with Gasteiger partial charge in [0.25, 0.3) is 10.0 Å². The van der Waals surface area contributed by atoms with E-state index in [1.165, 1.54) is 21.2 Å². The van der Waals surface area contributed by atoms with Crippen molar-refractivity contribution in [2.75, 3.05) is 11.5 Å². The molecule has 9 heteroatoms. The molecule has 1 fully saturated rings. The van der Waals surface area contributed by atoms with Crippen LogP contribution in [0.4, 0.5) is 0 Å². The summed E-state index contributed by atoms with van der Waals surface area (Å²) in [6.07, 6.45) is 0.290. The molecule has 0 saturated carbocycles. The minimum absolute atomic E-state index is 0.000191. The number of sulfonamides is 1. The molecule has 4 rings (SSSR count). The van der Waals surface area contributed by atoms with Gasteiger partial charge in [0.15, 0.2) is 14.9 Å². The molecule has 0 aliphatic carbocycles. The molecular formula is C21H22N2O4S3. The largest absolute Gasteiger partial charge is 0.262 e. The Labute approximate surface area is 181 Å². The third-order valence-electron chi connectivity index (χ3n) is 5.20. The summed E-state index contributed by atoms with van der Waals surface area (Å²) in [4.78, 5) is 4.75. The van der Waals surface area contributed by atoms with Gasteiger partial charge in [0, 0.05) is 12.6 Å². The molecule has 0 amide bonds. The zero-order valence-electron chi connectivity index (χ0n) is 16.4. The normalized spacial score (nSPS) is 18.7. The topological polar surface area (TPSA) is 84.4 Å². The Balaban J connectivity index is 1.76. The number of nitrogens with zero attached hydrogens (tertiary/aromatic N) is 2. The molecule has 1 aliphatic heterocycles. The second-order valence-electron chi connectivity index (χ2n) is 7.45. The van der Waals surface area contributed by atoms with Gasteiger partial charge in [-0.15, -0.1) is 11.3 Å². The van der Waals surface area contributed by atoms with Crippen molar-refractivity contribution >= 4 is 31.2 Å². The van der Waals surface area contributed by atoms with Crippen LogP contribution in [0.25, 0.3) is 10.4 Å². The molecule has 2 aromatic carbocycles. The zero-order chi connectivity index (χ0) is 21.4. The highest BCUT2D eigenvalue weighted by Gasteiger charge is 2.40. The van der Waals surface area contributed by atoms with Gasteiger partial charge < -0.3 is 0 Å². The van der Waals surface area contributed by atoms with Crippen molar-refractivity contribution in [1.29, 1.82) is 0 Å². The van der Waals surface area contributed by atoms with Crippen LogP contribution in [0.5, 0.6) is 0 Å². The molecule has 0 spiro atoms. The minimum Gasteiger partial charge on any atom is -0.231 e. The van der Waals surface area contributed by atoms with Crippen molar-refractivity contribution in [3.05, 3.63) is 71.2 Å². The van der Waals surface area contributed by atoms with Crippen LogP contribution in [0.1, 0.15) is 17.5 Å². The van der Waals surface area contributed by atoms with Gasteiger partial charge >= 0.3 is 0 Å². The molecule has 0 N–H and O–H groups in total. The van der Waals surface area contributed by atoms with Crippen molar-refractivity contribution in [2.24, 2.45) is 0 Å². The fraction of sp³-hybridized carbons (Fsp3) is 0.286. The average molecular weight is 463 g/mol. The standard InChI is InChI=1S/C21H22N2O4S3/c1-16-7-9-17(10-8-16)13-23(19-11-12-29(24,25)14-19)30(26,27)21-20(28-15-22-21)18-5-3-2-4-6-18/h2-10,15,19H,11-14H2,1H3. The first-order valence-electron chi connectivity index (χ1n) is 9.53. The number of rotatable bonds is 6. The predicted octanol–water partition coefficient (Wildman–Crippen LogP) is 3.50. The van der Waals surface area contributed by atoms with Gasteiger partial charge in [0.05, 0.1) is 21.9 Å². The van der Waals surface area contributed by atoms with E-state index in [1.54, 1.807) is 0 Å². The first kappa shape index (κ1) is 21.2.